The van der Waals surface area contributed by atoms with E-state index < -0.39 is 0 Å². The summed E-state index contributed by atoms with van der Waals surface area (Å²) in [6.07, 6.45) is 0. The van der Waals surface area contributed by atoms with Crippen LogP contribution in [0.5, 0.6) is 0 Å². The molecule has 0 aliphatic heterocycles. The molecule has 96 valence electrons. The molecule has 0 fully saturated rings. The normalized spacial score (nSPS) is 11.8. The lowest BCUT2D eigenvalue weighted by atomic mass is 10.1. The molecular weight excluding hydrogens is 232 g/mol. The van der Waals surface area contributed by atoms with E-state index in [2.05, 4.69) is 44.4 Å². The number of nitrogens with one attached hydrogen (secondary N) is 2. The number of aryl methyl sites for hydroxylation is 1. The molecular formula is C14H23ClN2. The van der Waals surface area contributed by atoms with Crippen molar-refractivity contribution in [2.45, 2.75) is 39.8 Å². The zero-order valence-electron chi connectivity index (χ0n) is 11.2. The minimum absolute atomic E-state index is 0.188. The summed E-state index contributed by atoms with van der Waals surface area (Å²) >= 11 is 5.98. The Balaban J connectivity index is 2.29. The molecule has 0 heterocycles. The third-order valence-electron chi connectivity index (χ3n) is 2.58. The molecule has 0 aromatic heterocycles. The second-order valence-electron chi connectivity index (χ2n) is 5.42. The van der Waals surface area contributed by atoms with Crippen LogP contribution in [0.25, 0.3) is 0 Å². The second-order valence-corrected chi connectivity index (χ2v) is 5.86. The highest BCUT2D eigenvalue weighted by atomic mass is 35.5. The summed E-state index contributed by atoms with van der Waals surface area (Å²) in [6.45, 7) is 11.4. The van der Waals surface area contributed by atoms with Gasteiger partial charge in [-0.1, -0.05) is 17.7 Å². The molecule has 0 spiro atoms. The first-order valence-corrected chi connectivity index (χ1v) is 6.47. The standard InChI is InChI=1S/C14H23ClN2/c1-11-5-6-13(15)9-12(11)10-16-7-8-17-14(2,3)4/h5-6,9,16-17H,7-8,10H2,1-4H3. The van der Waals surface area contributed by atoms with Gasteiger partial charge in [-0.05, 0) is 51.0 Å². The highest BCUT2D eigenvalue weighted by molar-refractivity contribution is 6.30. The van der Waals surface area contributed by atoms with Crippen LogP contribution in [0, 0.1) is 6.92 Å². The lowest BCUT2D eigenvalue weighted by Crippen LogP contribution is -2.40. The van der Waals surface area contributed by atoms with E-state index in [1.165, 1.54) is 11.1 Å². The van der Waals surface area contributed by atoms with Crippen LogP contribution < -0.4 is 10.6 Å². The largest absolute Gasteiger partial charge is 0.311 e. The Hall–Kier alpha value is -0.570. The predicted molar refractivity (Wildman–Crippen MR) is 75.7 cm³/mol. The van der Waals surface area contributed by atoms with Gasteiger partial charge in [0.2, 0.25) is 0 Å². The van der Waals surface area contributed by atoms with Gasteiger partial charge in [0.05, 0.1) is 0 Å². The van der Waals surface area contributed by atoms with Crippen LogP contribution in [-0.4, -0.2) is 18.6 Å². The number of rotatable bonds is 5. The van der Waals surface area contributed by atoms with Gasteiger partial charge in [0.1, 0.15) is 0 Å². The first kappa shape index (κ1) is 14.5. The molecule has 1 rings (SSSR count). The van der Waals surface area contributed by atoms with Gasteiger partial charge >= 0.3 is 0 Å². The molecule has 0 aliphatic carbocycles. The Morgan fingerprint density at radius 1 is 1.18 bits per heavy atom. The van der Waals surface area contributed by atoms with Gasteiger partial charge in [-0.2, -0.15) is 0 Å². The summed E-state index contributed by atoms with van der Waals surface area (Å²) in [5, 5.41) is 7.67. The van der Waals surface area contributed by atoms with E-state index in [-0.39, 0.29) is 5.54 Å². The van der Waals surface area contributed by atoms with E-state index >= 15 is 0 Å². The van der Waals surface area contributed by atoms with Gasteiger partial charge in [0.15, 0.2) is 0 Å². The Morgan fingerprint density at radius 3 is 2.53 bits per heavy atom. The van der Waals surface area contributed by atoms with Crippen LogP contribution in [0.2, 0.25) is 5.02 Å². The first-order chi connectivity index (χ1) is 7.88. The first-order valence-electron chi connectivity index (χ1n) is 6.09. The number of benzene rings is 1. The van der Waals surface area contributed by atoms with Crippen molar-refractivity contribution in [3.63, 3.8) is 0 Å². The highest BCUT2D eigenvalue weighted by Gasteiger charge is 2.07. The van der Waals surface area contributed by atoms with Crippen LogP contribution in [0.1, 0.15) is 31.9 Å². The van der Waals surface area contributed by atoms with E-state index in [1.54, 1.807) is 0 Å². The Bertz CT molecular complexity index is 356. The lowest BCUT2D eigenvalue weighted by molar-refractivity contribution is 0.421. The maximum Gasteiger partial charge on any atom is 0.0409 e. The third-order valence-corrected chi connectivity index (χ3v) is 2.82. The van der Waals surface area contributed by atoms with E-state index in [0.717, 1.165) is 24.7 Å². The number of hydrogen-bond donors (Lipinski definition) is 2. The molecule has 0 atom stereocenters. The fourth-order valence-corrected chi connectivity index (χ4v) is 1.77. The molecule has 1 aromatic rings. The second kappa shape index (κ2) is 6.39. The molecule has 0 unspecified atom stereocenters. The van der Waals surface area contributed by atoms with Crippen molar-refractivity contribution in [2.75, 3.05) is 13.1 Å². The van der Waals surface area contributed by atoms with E-state index in [4.69, 9.17) is 11.6 Å². The van der Waals surface area contributed by atoms with Crippen molar-refractivity contribution in [1.29, 1.82) is 0 Å². The fraction of sp³-hybridized carbons (Fsp3) is 0.571. The minimum Gasteiger partial charge on any atom is -0.311 e. The van der Waals surface area contributed by atoms with Crippen LogP contribution in [-0.2, 0) is 6.54 Å². The topological polar surface area (TPSA) is 24.1 Å². The molecule has 3 heteroatoms. The SMILES string of the molecule is Cc1ccc(Cl)cc1CNCCNC(C)(C)C. The maximum absolute atomic E-state index is 5.98. The van der Waals surface area contributed by atoms with Gasteiger partial charge in [-0.25, -0.2) is 0 Å². The molecule has 1 aromatic carbocycles. The molecule has 0 aliphatic rings. The van der Waals surface area contributed by atoms with Crippen LogP contribution in [0.15, 0.2) is 18.2 Å². The highest BCUT2D eigenvalue weighted by Crippen LogP contribution is 2.14. The van der Waals surface area contributed by atoms with Crippen molar-refractivity contribution < 1.29 is 0 Å². The molecule has 0 amide bonds. The molecule has 0 bridgehead atoms. The zero-order valence-corrected chi connectivity index (χ0v) is 12.0. The summed E-state index contributed by atoms with van der Waals surface area (Å²) in [7, 11) is 0. The van der Waals surface area contributed by atoms with Crippen molar-refractivity contribution in [3.8, 4) is 0 Å². The quantitative estimate of drug-likeness (QED) is 0.789. The summed E-state index contributed by atoms with van der Waals surface area (Å²) in [4.78, 5) is 0. The van der Waals surface area contributed by atoms with Crippen molar-refractivity contribution in [3.05, 3.63) is 34.3 Å². The molecule has 2 N–H and O–H groups in total. The van der Waals surface area contributed by atoms with Crippen LogP contribution in [0.4, 0.5) is 0 Å². The summed E-state index contributed by atoms with van der Waals surface area (Å²) in [6, 6.07) is 6.02. The van der Waals surface area contributed by atoms with E-state index in [1.807, 2.05) is 12.1 Å². The van der Waals surface area contributed by atoms with Gasteiger partial charge < -0.3 is 10.6 Å². The maximum atomic E-state index is 5.98. The lowest BCUT2D eigenvalue weighted by Gasteiger charge is -2.20. The summed E-state index contributed by atoms with van der Waals surface area (Å²) in [5.74, 6) is 0. The summed E-state index contributed by atoms with van der Waals surface area (Å²) < 4.78 is 0. The molecule has 0 radical (unpaired) electrons. The molecule has 17 heavy (non-hydrogen) atoms. The smallest absolute Gasteiger partial charge is 0.0409 e. The molecule has 2 nitrogen and oxygen atoms in total. The number of hydrogen-bond acceptors (Lipinski definition) is 2. The van der Waals surface area contributed by atoms with Crippen LogP contribution >= 0.6 is 11.6 Å². The Kier molecular flexibility index (Phi) is 5.44. The molecule has 0 saturated heterocycles. The zero-order chi connectivity index (χ0) is 12.9. The Labute approximate surface area is 110 Å². The van der Waals surface area contributed by atoms with Gasteiger partial charge in [-0.15, -0.1) is 0 Å². The van der Waals surface area contributed by atoms with Gasteiger partial charge in [-0.3, -0.25) is 0 Å². The monoisotopic (exact) mass is 254 g/mol. The number of halogens is 1. The third kappa shape index (κ3) is 6.06. The van der Waals surface area contributed by atoms with E-state index in [0.29, 0.717) is 0 Å². The van der Waals surface area contributed by atoms with E-state index in [9.17, 15) is 0 Å². The average molecular weight is 255 g/mol. The fourth-order valence-electron chi connectivity index (χ4n) is 1.58. The molecule has 0 saturated carbocycles. The van der Waals surface area contributed by atoms with Gasteiger partial charge in [0.25, 0.3) is 0 Å². The summed E-state index contributed by atoms with van der Waals surface area (Å²) in [5.41, 5.74) is 2.74. The average Bonchev–Trinajstić information content (AvgIpc) is 2.21. The van der Waals surface area contributed by atoms with Gasteiger partial charge in [0, 0.05) is 30.2 Å². The van der Waals surface area contributed by atoms with Crippen LogP contribution in [0.3, 0.4) is 0 Å². The van der Waals surface area contributed by atoms with Crippen molar-refractivity contribution >= 4 is 11.6 Å². The Morgan fingerprint density at radius 2 is 1.88 bits per heavy atom. The minimum atomic E-state index is 0.188. The van der Waals surface area contributed by atoms with Crippen molar-refractivity contribution in [2.24, 2.45) is 0 Å². The predicted octanol–water partition coefficient (Wildman–Crippen LogP) is 3.13. The van der Waals surface area contributed by atoms with Crippen molar-refractivity contribution in [1.82, 2.24) is 10.6 Å².